The predicted octanol–water partition coefficient (Wildman–Crippen LogP) is 28.2. The fourth-order valence-corrected chi connectivity index (χ4v) is 14.0. The summed E-state index contributed by atoms with van der Waals surface area (Å²) in [5.41, 5.74) is 6.38. The molecule has 4 aliphatic rings. The van der Waals surface area contributed by atoms with Gasteiger partial charge in [0.05, 0.1) is 23.4 Å². The third-order valence-electron chi connectivity index (χ3n) is 23.4. The van der Waals surface area contributed by atoms with Gasteiger partial charge in [0.1, 0.15) is 15.7 Å². The minimum absolute atomic E-state index is 0. The summed E-state index contributed by atoms with van der Waals surface area (Å²) in [6.07, 6.45) is 36.7. The molecule has 6 aromatic rings. The SMILES string of the molecule is CC(=O)N(C)CCC(C)C.CC(C)C1CCCC1.CC(C)C1CCCCC1.CC(C)CCCc1nccn1C.CC(C)CNC(=O)C1CC1.CC(C)CNS(C)(=O)=O.CC(C)S(C)(=O)=O.CC(C)c1[c-]ccc[c-]1.CC(C)c1ccccc1.CC(C)c1nnc(C2CC2)o1.CCCNC(=O)C(C)(C)CC(C)C.CCCNC(=O)CCC(C)C.CCc1cccc(C(C)C)c1.Cc1cnnn1CC(C)C.[Y].[Y]. The molecule has 4 N–H and O–H groups in total. The first-order valence-electron chi connectivity index (χ1n) is 53.6. The van der Waals surface area contributed by atoms with Crippen LogP contribution in [0.5, 0.6) is 0 Å². The number of hydrogen-bond donors (Lipinski definition) is 4. The van der Waals surface area contributed by atoms with Gasteiger partial charge in [-0.25, -0.2) is 31.2 Å². The largest absolute Gasteiger partial charge is 0.425 e. The van der Waals surface area contributed by atoms with E-state index >= 15 is 0 Å². The second-order valence-electron chi connectivity index (χ2n) is 44.2. The van der Waals surface area contributed by atoms with Gasteiger partial charge in [-0.2, -0.15) is 0 Å². The Kier molecular flexibility index (Phi) is 89.5. The second kappa shape index (κ2) is 86.0. The molecule has 4 saturated carbocycles. The molecule has 3 aromatic carbocycles. The molecule has 25 heteroatoms. The molecule has 2 radical (unpaired) electrons. The van der Waals surface area contributed by atoms with Crippen molar-refractivity contribution in [3.8, 4) is 0 Å². The van der Waals surface area contributed by atoms with Crippen molar-refractivity contribution in [1.82, 2.24) is 60.3 Å². The summed E-state index contributed by atoms with van der Waals surface area (Å²) in [6, 6.07) is 31.4. The molecule has 810 valence electrons. The van der Waals surface area contributed by atoms with Crippen LogP contribution in [0.25, 0.3) is 0 Å². The van der Waals surface area contributed by atoms with Gasteiger partial charge < -0.3 is 42.0 Å². The molecular formula is C116H212N12O9S2Y2-2. The Balaban J connectivity index is -0.000000348. The van der Waals surface area contributed by atoms with E-state index in [2.05, 4.69) is 305 Å². The number of amides is 4. The number of nitrogens with zero attached hydrogens (tertiary/aromatic N) is 8. The number of aromatic nitrogens is 7. The molecular weight excluding hydrogens is 1950 g/mol. The average molecular weight is 2160 g/mol. The molecule has 0 aliphatic heterocycles. The first-order chi connectivity index (χ1) is 64.8. The molecule has 0 bridgehead atoms. The molecule has 0 atom stereocenters. The fourth-order valence-electron chi connectivity index (χ4n) is 13.3. The number of aryl methyl sites for hydroxylation is 4. The van der Waals surface area contributed by atoms with E-state index in [0.717, 1.165) is 149 Å². The van der Waals surface area contributed by atoms with Gasteiger partial charge in [-0.05, 0) is 185 Å². The molecule has 4 amide bonds. The van der Waals surface area contributed by atoms with Crippen LogP contribution in [-0.2, 0) is 131 Å². The van der Waals surface area contributed by atoms with Crippen molar-refractivity contribution in [2.24, 2.45) is 83.5 Å². The number of carbonyl (C=O) groups excluding carboxylic acids is 4. The van der Waals surface area contributed by atoms with E-state index in [1.165, 1.54) is 112 Å². The minimum Gasteiger partial charge on any atom is -0.425 e. The maximum Gasteiger partial charge on any atom is 0.225 e. The number of sulfone groups is 1. The molecule has 0 unspecified atom stereocenters. The normalized spacial score (nSPS) is 13.2. The maximum absolute atomic E-state index is 11.6. The summed E-state index contributed by atoms with van der Waals surface area (Å²) < 4.78 is 53.4. The smallest absolute Gasteiger partial charge is 0.225 e. The van der Waals surface area contributed by atoms with E-state index in [9.17, 15) is 36.0 Å². The molecule has 10 rings (SSSR count). The van der Waals surface area contributed by atoms with Crippen LogP contribution in [0.1, 0.15) is 445 Å². The summed E-state index contributed by atoms with van der Waals surface area (Å²) in [6.45, 7) is 78.6. The van der Waals surface area contributed by atoms with Crippen molar-refractivity contribution in [2.45, 2.75) is 431 Å². The van der Waals surface area contributed by atoms with Crippen LogP contribution in [0.15, 0.2) is 95.8 Å². The number of imidazole rings is 1. The van der Waals surface area contributed by atoms with E-state index in [1.54, 1.807) is 31.9 Å². The summed E-state index contributed by atoms with van der Waals surface area (Å²) >= 11 is 0. The molecule has 0 spiro atoms. The molecule has 3 heterocycles. The molecule has 0 saturated heterocycles. The topological polar surface area (TPSA) is 275 Å². The third-order valence-corrected chi connectivity index (χ3v) is 25.8. The number of carbonyl (C=O) groups is 4. The van der Waals surface area contributed by atoms with Crippen LogP contribution in [0.2, 0.25) is 0 Å². The van der Waals surface area contributed by atoms with E-state index in [0.29, 0.717) is 84.0 Å². The summed E-state index contributed by atoms with van der Waals surface area (Å²) in [5, 5.41) is 24.1. The Morgan fingerprint density at radius 1 is 0.567 bits per heavy atom. The zero-order valence-electron chi connectivity index (χ0n) is 97.3. The van der Waals surface area contributed by atoms with Crippen LogP contribution in [0.4, 0.5) is 0 Å². The van der Waals surface area contributed by atoms with Crippen molar-refractivity contribution in [1.29, 1.82) is 0 Å². The van der Waals surface area contributed by atoms with Crippen molar-refractivity contribution in [3.63, 3.8) is 0 Å². The van der Waals surface area contributed by atoms with Gasteiger partial charge in [0.15, 0.2) is 0 Å². The Hall–Kier alpha value is -4.90. The van der Waals surface area contributed by atoms with Gasteiger partial charge in [-0.3, -0.25) is 42.9 Å². The third kappa shape index (κ3) is 87.8. The van der Waals surface area contributed by atoms with Gasteiger partial charge in [-0.15, -0.1) is 15.3 Å². The van der Waals surface area contributed by atoms with Gasteiger partial charge >= 0.3 is 0 Å². The van der Waals surface area contributed by atoms with Crippen molar-refractivity contribution in [2.75, 3.05) is 52.3 Å². The Bertz CT molecular complexity index is 4140. The summed E-state index contributed by atoms with van der Waals surface area (Å²) in [7, 11) is -1.82. The van der Waals surface area contributed by atoms with Crippen molar-refractivity contribution >= 4 is 43.5 Å². The first kappa shape index (κ1) is 147. The van der Waals surface area contributed by atoms with E-state index in [4.69, 9.17) is 4.42 Å². The fraction of sp³-hybridized carbons (Fsp3) is 0.750. The maximum atomic E-state index is 11.6. The van der Waals surface area contributed by atoms with Crippen LogP contribution < -0.4 is 20.7 Å². The van der Waals surface area contributed by atoms with Gasteiger partial charge in [0.25, 0.3) is 0 Å². The van der Waals surface area contributed by atoms with Crippen molar-refractivity contribution < 1.29 is 106 Å². The van der Waals surface area contributed by atoms with Crippen LogP contribution in [0, 0.1) is 95.5 Å². The van der Waals surface area contributed by atoms with Gasteiger partial charge in [-0.1, -0.05) is 345 Å². The number of nitrogens with one attached hydrogen (secondary N) is 4. The predicted molar refractivity (Wildman–Crippen MR) is 593 cm³/mol. The standard InChI is InChI=1S/C11H23NO.C11H16.C10H18N2.C9H19NO.C9H18.C9H12.C9H10.C8H12N2O.C8H15NO.C8H17NO.C8H16.C7H13N3.C5H13NO2S.C4H10O2S.2Y/c1-6-7-12-10(13)11(4,5)8-9(2)3;1-4-10-6-5-7-11(8-10)9(2)3;1-9(2)5-4-6-10-11-7-8-12(10)3;1-4-7-10-9(11)6-5-8(2)3;3*1-8(2)9-6-4-3-5-7-9;1-5(2)7-9-10-8(11-7)6-3-4-6;1-6(2)5-9-8(10)7-3-4-7;1-7(2)5-6-9(4)8(3)10;1-7(2)8-5-3-4-6-8;1-6(2)5-10-7(3)4-8-9-10;1-5(2)4-6-9(3,7)8;1-4(2)7(3,5)6;;/h9H,6-8H2,1-5H3,(H,12,13);5-9H,4H2,1-3H3;7-9H,4-6H2,1-3H3;8H,4-7H2,1-3H3,(H,10,11);8-9H,3-7H2,1-2H3;3-8H,1-2H3;3-5,8H,1-2H3;5-6H,3-4H2,1-2H3;6-7H,3-5H2,1-2H3,(H,9,10);7H,5-6H2,1-4H3;7-8H,3-6H2,1-2H3;4,6H,5H2,1-3H3;5-6H,4H2,1-3H3;4H,1-3H3;;/q;;;;;;-2;;;;;;;;;. The Morgan fingerprint density at radius 2 is 1.06 bits per heavy atom. The Morgan fingerprint density at radius 3 is 1.41 bits per heavy atom. The first-order valence-corrected chi connectivity index (χ1v) is 57.5. The monoisotopic (exact) mass is 2160 g/mol. The number of rotatable bonds is 34. The molecule has 21 nitrogen and oxygen atoms in total. The van der Waals surface area contributed by atoms with E-state index < -0.39 is 19.9 Å². The molecule has 3 aromatic heterocycles. The summed E-state index contributed by atoms with van der Waals surface area (Å²) in [4.78, 5) is 50.3. The van der Waals surface area contributed by atoms with Crippen molar-refractivity contribution in [3.05, 3.63) is 149 Å². The number of benzene rings is 3. The van der Waals surface area contributed by atoms with E-state index in [1.807, 2.05) is 83.0 Å². The van der Waals surface area contributed by atoms with Crippen LogP contribution >= 0.6 is 0 Å². The minimum atomic E-state index is -2.97. The zero-order valence-corrected chi connectivity index (χ0v) is 105. The quantitative estimate of drug-likeness (QED) is 0.0274. The van der Waals surface area contributed by atoms with Crippen LogP contribution in [-0.4, -0.2) is 138 Å². The molecule has 141 heavy (non-hydrogen) atoms. The zero-order chi connectivity index (χ0) is 107. The number of sulfonamides is 1. The molecule has 4 fully saturated rings. The second-order valence-corrected chi connectivity index (χ2v) is 48.6. The van der Waals surface area contributed by atoms with Gasteiger partial charge in [0.2, 0.25) is 45.4 Å². The number of hydrogen-bond acceptors (Lipinski definition) is 14. The summed E-state index contributed by atoms with van der Waals surface area (Å²) in [5.74, 6) is 15.0. The van der Waals surface area contributed by atoms with E-state index in [-0.39, 0.29) is 99.7 Å². The van der Waals surface area contributed by atoms with Crippen LogP contribution in [0.3, 0.4) is 0 Å². The Labute approximate surface area is 917 Å². The average Bonchev–Trinajstić information content (AvgIpc) is 1.68. The molecule has 4 aliphatic carbocycles. The van der Waals surface area contributed by atoms with Gasteiger partial charge in [0, 0.05) is 180 Å².